The molecule has 7 nitrogen and oxygen atoms in total. The Hall–Kier alpha value is -2.70. The number of piperazine rings is 1. The molecule has 1 N–H and O–H groups in total. The summed E-state index contributed by atoms with van der Waals surface area (Å²) < 4.78 is 0. The molecule has 3 amide bonds. The standard InChI is InChI=1S/C20H26N4O3/c1-13(2)15-5-4-14(3)16(12-15)19(26)23-8-10-24(11-9-23)20(27)17-6-7-18(25)22-21-17/h4-5,12-13H,6-11H2,1-3H3,(H,22,25). The van der Waals surface area contributed by atoms with Gasteiger partial charge in [0.25, 0.3) is 11.8 Å². The molecule has 2 heterocycles. The van der Waals surface area contributed by atoms with Gasteiger partial charge in [0.05, 0.1) is 0 Å². The highest BCUT2D eigenvalue weighted by Crippen LogP contribution is 2.20. The fraction of sp³-hybridized carbons (Fsp3) is 0.500. The predicted molar refractivity (Wildman–Crippen MR) is 103 cm³/mol. The number of nitrogens with one attached hydrogen (secondary N) is 1. The Balaban J connectivity index is 1.64. The highest BCUT2D eigenvalue weighted by Gasteiger charge is 2.29. The zero-order chi connectivity index (χ0) is 19.6. The zero-order valence-corrected chi connectivity index (χ0v) is 16.1. The lowest BCUT2D eigenvalue weighted by Gasteiger charge is -2.35. The molecule has 0 bridgehead atoms. The van der Waals surface area contributed by atoms with E-state index >= 15 is 0 Å². The first-order chi connectivity index (χ1) is 12.9. The highest BCUT2D eigenvalue weighted by molar-refractivity contribution is 6.39. The fourth-order valence-electron chi connectivity index (χ4n) is 3.32. The van der Waals surface area contributed by atoms with E-state index in [4.69, 9.17) is 0 Å². The predicted octanol–water partition coefficient (Wildman–Crippen LogP) is 1.67. The number of hydrogen-bond donors (Lipinski definition) is 1. The molecule has 144 valence electrons. The zero-order valence-electron chi connectivity index (χ0n) is 16.1. The van der Waals surface area contributed by atoms with Crippen LogP contribution in [-0.2, 0) is 9.59 Å². The average Bonchev–Trinajstić information content (AvgIpc) is 2.68. The molecule has 0 aliphatic carbocycles. The number of carbonyl (C=O) groups is 3. The molecule has 0 aromatic heterocycles. The molecular formula is C20H26N4O3. The minimum absolute atomic E-state index is 0.0179. The molecule has 1 fully saturated rings. The van der Waals surface area contributed by atoms with Crippen molar-refractivity contribution < 1.29 is 14.4 Å². The van der Waals surface area contributed by atoms with Crippen LogP contribution in [0.3, 0.4) is 0 Å². The Morgan fingerprint density at radius 3 is 2.22 bits per heavy atom. The van der Waals surface area contributed by atoms with Gasteiger partial charge in [0.15, 0.2) is 0 Å². The summed E-state index contributed by atoms with van der Waals surface area (Å²) in [6, 6.07) is 6.05. The maximum Gasteiger partial charge on any atom is 0.270 e. The van der Waals surface area contributed by atoms with Gasteiger partial charge >= 0.3 is 0 Å². The van der Waals surface area contributed by atoms with E-state index in [1.54, 1.807) is 9.80 Å². The van der Waals surface area contributed by atoms with Gasteiger partial charge in [-0.15, -0.1) is 0 Å². The van der Waals surface area contributed by atoms with Gasteiger partial charge in [-0.05, 0) is 30.0 Å². The molecular weight excluding hydrogens is 344 g/mol. The average molecular weight is 370 g/mol. The molecule has 27 heavy (non-hydrogen) atoms. The summed E-state index contributed by atoms with van der Waals surface area (Å²) in [6.07, 6.45) is 0.652. The quantitative estimate of drug-likeness (QED) is 0.879. The van der Waals surface area contributed by atoms with Crippen molar-refractivity contribution in [1.29, 1.82) is 0 Å². The first-order valence-corrected chi connectivity index (χ1v) is 9.41. The Morgan fingerprint density at radius 2 is 1.67 bits per heavy atom. The lowest BCUT2D eigenvalue weighted by molar-refractivity contribution is -0.126. The Bertz CT molecular complexity index is 792. The third-order valence-electron chi connectivity index (χ3n) is 5.16. The Morgan fingerprint density at radius 1 is 1.04 bits per heavy atom. The molecule has 2 aliphatic heterocycles. The second-order valence-corrected chi connectivity index (χ2v) is 7.41. The van der Waals surface area contributed by atoms with Crippen molar-refractivity contribution >= 4 is 23.4 Å². The third-order valence-corrected chi connectivity index (χ3v) is 5.16. The lowest BCUT2D eigenvalue weighted by atomic mass is 9.97. The molecule has 7 heteroatoms. The van der Waals surface area contributed by atoms with Crippen molar-refractivity contribution in [3.8, 4) is 0 Å². The van der Waals surface area contributed by atoms with Crippen LogP contribution in [0, 0.1) is 6.92 Å². The van der Waals surface area contributed by atoms with Crippen LogP contribution in [0.2, 0.25) is 0 Å². The molecule has 3 rings (SSSR count). The summed E-state index contributed by atoms with van der Waals surface area (Å²) in [6.45, 7) is 8.11. The van der Waals surface area contributed by atoms with Crippen molar-refractivity contribution in [1.82, 2.24) is 15.2 Å². The number of benzene rings is 1. The largest absolute Gasteiger partial charge is 0.335 e. The van der Waals surface area contributed by atoms with E-state index in [0.717, 1.165) is 16.7 Å². The number of rotatable bonds is 3. The summed E-state index contributed by atoms with van der Waals surface area (Å²) in [4.78, 5) is 40.2. The molecule has 1 saturated heterocycles. The van der Waals surface area contributed by atoms with Crippen LogP contribution in [0.5, 0.6) is 0 Å². The first kappa shape index (κ1) is 19.1. The van der Waals surface area contributed by atoms with Gasteiger partial charge in [0.2, 0.25) is 5.91 Å². The summed E-state index contributed by atoms with van der Waals surface area (Å²) >= 11 is 0. The van der Waals surface area contributed by atoms with E-state index in [0.29, 0.717) is 44.2 Å². The van der Waals surface area contributed by atoms with E-state index in [2.05, 4.69) is 30.4 Å². The van der Waals surface area contributed by atoms with Crippen molar-refractivity contribution in [2.75, 3.05) is 26.2 Å². The van der Waals surface area contributed by atoms with Crippen molar-refractivity contribution in [3.05, 3.63) is 34.9 Å². The molecule has 2 aliphatic rings. The monoisotopic (exact) mass is 370 g/mol. The van der Waals surface area contributed by atoms with Crippen LogP contribution < -0.4 is 5.43 Å². The number of carbonyl (C=O) groups excluding carboxylic acids is 3. The van der Waals surface area contributed by atoms with Gasteiger partial charge in [0.1, 0.15) is 5.71 Å². The first-order valence-electron chi connectivity index (χ1n) is 9.41. The fourth-order valence-corrected chi connectivity index (χ4v) is 3.32. The van der Waals surface area contributed by atoms with E-state index in [9.17, 15) is 14.4 Å². The van der Waals surface area contributed by atoms with E-state index in [-0.39, 0.29) is 24.1 Å². The smallest absolute Gasteiger partial charge is 0.270 e. The number of amides is 3. The van der Waals surface area contributed by atoms with Crippen LogP contribution in [0.1, 0.15) is 54.1 Å². The highest BCUT2D eigenvalue weighted by atomic mass is 16.2. The van der Waals surface area contributed by atoms with Crippen molar-refractivity contribution in [3.63, 3.8) is 0 Å². The molecule has 0 unspecified atom stereocenters. The van der Waals surface area contributed by atoms with Crippen molar-refractivity contribution in [2.24, 2.45) is 5.10 Å². The Labute approximate surface area is 159 Å². The number of hydrazone groups is 1. The van der Waals surface area contributed by atoms with Crippen LogP contribution in [0.15, 0.2) is 23.3 Å². The van der Waals surface area contributed by atoms with Gasteiger partial charge in [-0.1, -0.05) is 26.0 Å². The molecule has 0 radical (unpaired) electrons. The number of hydrogen-bond acceptors (Lipinski definition) is 4. The molecule has 0 saturated carbocycles. The maximum absolute atomic E-state index is 13.0. The van der Waals surface area contributed by atoms with Gasteiger partial charge in [0, 0.05) is 44.6 Å². The topological polar surface area (TPSA) is 82.1 Å². The second-order valence-electron chi connectivity index (χ2n) is 7.41. The van der Waals surface area contributed by atoms with E-state index in [1.807, 2.05) is 19.1 Å². The van der Waals surface area contributed by atoms with Crippen LogP contribution >= 0.6 is 0 Å². The summed E-state index contributed by atoms with van der Waals surface area (Å²) in [7, 11) is 0. The van der Waals surface area contributed by atoms with Gasteiger partial charge in [-0.3, -0.25) is 14.4 Å². The van der Waals surface area contributed by atoms with Gasteiger partial charge < -0.3 is 9.80 Å². The summed E-state index contributed by atoms with van der Waals surface area (Å²) in [5, 5.41) is 3.87. The van der Waals surface area contributed by atoms with Gasteiger partial charge in [-0.2, -0.15) is 5.10 Å². The van der Waals surface area contributed by atoms with Crippen LogP contribution in [-0.4, -0.2) is 59.4 Å². The van der Waals surface area contributed by atoms with Crippen LogP contribution in [0.4, 0.5) is 0 Å². The molecule has 1 aromatic carbocycles. The Kier molecular flexibility index (Phi) is 5.58. The molecule has 0 spiro atoms. The van der Waals surface area contributed by atoms with E-state index in [1.165, 1.54) is 0 Å². The summed E-state index contributed by atoms with van der Waals surface area (Å²) in [5.41, 5.74) is 5.59. The lowest BCUT2D eigenvalue weighted by Crippen LogP contribution is -2.52. The third kappa shape index (κ3) is 4.18. The van der Waals surface area contributed by atoms with Gasteiger partial charge in [-0.25, -0.2) is 5.43 Å². The van der Waals surface area contributed by atoms with E-state index < -0.39 is 0 Å². The number of aryl methyl sites for hydroxylation is 1. The number of nitrogens with zero attached hydrogens (tertiary/aromatic N) is 3. The molecule has 1 aromatic rings. The minimum atomic E-state index is -0.166. The minimum Gasteiger partial charge on any atom is -0.335 e. The molecule has 0 atom stereocenters. The SMILES string of the molecule is Cc1ccc(C(C)C)cc1C(=O)N1CCN(C(=O)C2=NNC(=O)CC2)CC1. The maximum atomic E-state index is 13.0. The van der Waals surface area contributed by atoms with Crippen LogP contribution in [0.25, 0.3) is 0 Å². The van der Waals surface area contributed by atoms with Crippen molar-refractivity contribution in [2.45, 2.75) is 39.5 Å². The normalized spacial score (nSPS) is 17.6. The summed E-state index contributed by atoms with van der Waals surface area (Å²) in [5.74, 6) is 0.0637. The second kappa shape index (κ2) is 7.90.